The average molecular weight is 392 g/mol. The molecular formula is C22H20N2O3S. The maximum atomic E-state index is 12.5. The number of nitrogens with zero attached hydrogens (tertiary/aromatic N) is 1. The van der Waals surface area contributed by atoms with E-state index in [1.54, 1.807) is 42.6 Å². The van der Waals surface area contributed by atoms with Crippen LogP contribution in [0.4, 0.5) is 5.69 Å². The van der Waals surface area contributed by atoms with Gasteiger partial charge in [-0.1, -0.05) is 6.07 Å². The number of rotatable bonds is 5. The third kappa shape index (κ3) is 4.78. The first-order chi connectivity index (χ1) is 13.5. The number of benzene rings is 2. The summed E-state index contributed by atoms with van der Waals surface area (Å²) < 4.78 is 5.45. The van der Waals surface area contributed by atoms with Crippen LogP contribution < -0.4 is 10.1 Å². The van der Waals surface area contributed by atoms with Crippen molar-refractivity contribution in [2.45, 2.75) is 18.9 Å². The monoisotopic (exact) mass is 392 g/mol. The standard InChI is InChI=1S/C22H20N2O3S/c1-14-11-15(2)13-18(12-14)27-22(26)16-6-8-17(9-7-16)24-20(25)19-5-4-10-23-21(19)28-3/h4-13H,1-3H3,(H,24,25). The zero-order valence-electron chi connectivity index (χ0n) is 15.9. The van der Waals surface area contributed by atoms with E-state index < -0.39 is 5.97 Å². The number of nitrogens with one attached hydrogen (secondary N) is 1. The van der Waals surface area contributed by atoms with E-state index in [0.717, 1.165) is 11.1 Å². The van der Waals surface area contributed by atoms with Crippen LogP contribution >= 0.6 is 11.8 Å². The van der Waals surface area contributed by atoms with Crippen molar-refractivity contribution in [3.05, 3.63) is 83.0 Å². The first-order valence-corrected chi connectivity index (χ1v) is 9.89. The highest BCUT2D eigenvalue weighted by molar-refractivity contribution is 7.98. The van der Waals surface area contributed by atoms with Crippen LogP contribution in [-0.4, -0.2) is 23.1 Å². The van der Waals surface area contributed by atoms with Crippen LogP contribution in [0.15, 0.2) is 65.8 Å². The normalized spacial score (nSPS) is 10.4. The Kier molecular flexibility index (Phi) is 6.11. The minimum absolute atomic E-state index is 0.247. The van der Waals surface area contributed by atoms with Crippen LogP contribution in [0.2, 0.25) is 0 Å². The molecule has 0 atom stereocenters. The Morgan fingerprint density at radius 1 is 1.00 bits per heavy atom. The van der Waals surface area contributed by atoms with E-state index in [4.69, 9.17) is 4.74 Å². The van der Waals surface area contributed by atoms with E-state index in [2.05, 4.69) is 10.3 Å². The van der Waals surface area contributed by atoms with Crippen molar-refractivity contribution in [1.29, 1.82) is 0 Å². The summed E-state index contributed by atoms with van der Waals surface area (Å²) in [7, 11) is 0. The SMILES string of the molecule is CSc1ncccc1C(=O)Nc1ccc(C(=O)Oc2cc(C)cc(C)c2)cc1. The van der Waals surface area contributed by atoms with Gasteiger partial charge in [0.25, 0.3) is 5.91 Å². The molecule has 142 valence electrons. The van der Waals surface area contributed by atoms with Gasteiger partial charge in [0, 0.05) is 11.9 Å². The fourth-order valence-electron chi connectivity index (χ4n) is 2.77. The number of aromatic nitrogens is 1. The van der Waals surface area contributed by atoms with Gasteiger partial charge in [0.15, 0.2) is 0 Å². The van der Waals surface area contributed by atoms with Crippen molar-refractivity contribution in [2.75, 3.05) is 11.6 Å². The number of carbonyl (C=O) groups excluding carboxylic acids is 2. The minimum atomic E-state index is -0.445. The van der Waals surface area contributed by atoms with Crippen molar-refractivity contribution < 1.29 is 14.3 Å². The zero-order valence-corrected chi connectivity index (χ0v) is 16.7. The van der Waals surface area contributed by atoms with E-state index in [1.165, 1.54) is 11.8 Å². The molecule has 0 fully saturated rings. The zero-order chi connectivity index (χ0) is 20.1. The van der Waals surface area contributed by atoms with Crippen molar-refractivity contribution in [3.8, 4) is 5.75 Å². The van der Waals surface area contributed by atoms with Crippen molar-refractivity contribution in [3.63, 3.8) is 0 Å². The second-order valence-electron chi connectivity index (χ2n) is 6.30. The smallest absolute Gasteiger partial charge is 0.343 e. The van der Waals surface area contributed by atoms with Crippen LogP contribution in [-0.2, 0) is 0 Å². The highest BCUT2D eigenvalue weighted by Crippen LogP contribution is 2.20. The van der Waals surface area contributed by atoms with Crippen molar-refractivity contribution in [2.24, 2.45) is 0 Å². The molecular weight excluding hydrogens is 372 g/mol. The number of amides is 1. The Labute approximate surface area is 168 Å². The molecule has 1 heterocycles. The molecule has 0 aliphatic carbocycles. The van der Waals surface area contributed by atoms with Crippen molar-refractivity contribution >= 4 is 29.3 Å². The Bertz CT molecular complexity index is 996. The highest BCUT2D eigenvalue weighted by atomic mass is 32.2. The molecule has 1 N–H and O–H groups in total. The Balaban J connectivity index is 1.69. The lowest BCUT2D eigenvalue weighted by Crippen LogP contribution is -2.14. The van der Waals surface area contributed by atoms with Gasteiger partial charge >= 0.3 is 5.97 Å². The molecule has 6 heteroatoms. The van der Waals surface area contributed by atoms with Gasteiger partial charge < -0.3 is 10.1 Å². The molecule has 0 saturated carbocycles. The van der Waals surface area contributed by atoms with Crippen molar-refractivity contribution in [1.82, 2.24) is 4.98 Å². The van der Waals surface area contributed by atoms with E-state index in [-0.39, 0.29) is 5.91 Å². The number of pyridine rings is 1. The molecule has 28 heavy (non-hydrogen) atoms. The molecule has 5 nitrogen and oxygen atoms in total. The molecule has 1 amide bonds. The van der Waals surface area contributed by atoms with Gasteiger partial charge in [-0.2, -0.15) is 0 Å². The summed E-state index contributed by atoms with van der Waals surface area (Å²) in [5.41, 5.74) is 3.56. The van der Waals surface area contributed by atoms with Gasteiger partial charge in [0.05, 0.1) is 11.1 Å². The second-order valence-corrected chi connectivity index (χ2v) is 7.10. The Morgan fingerprint density at radius 3 is 2.32 bits per heavy atom. The summed E-state index contributed by atoms with van der Waals surface area (Å²) in [6.45, 7) is 3.90. The fourth-order valence-corrected chi connectivity index (χ4v) is 3.32. The molecule has 0 unspecified atom stereocenters. The van der Waals surface area contributed by atoms with Gasteiger partial charge in [-0.3, -0.25) is 4.79 Å². The lowest BCUT2D eigenvalue weighted by molar-refractivity contribution is 0.0734. The van der Waals surface area contributed by atoms with E-state index in [9.17, 15) is 9.59 Å². The van der Waals surface area contributed by atoms with Gasteiger partial charge in [-0.05, 0) is 79.8 Å². The molecule has 1 aromatic heterocycles. The molecule has 3 aromatic rings. The maximum absolute atomic E-state index is 12.5. The maximum Gasteiger partial charge on any atom is 0.343 e. The van der Waals surface area contributed by atoms with Crippen LogP contribution in [0.3, 0.4) is 0 Å². The summed E-state index contributed by atoms with van der Waals surface area (Å²) >= 11 is 1.41. The fraction of sp³-hybridized carbons (Fsp3) is 0.136. The molecule has 0 radical (unpaired) electrons. The van der Waals surface area contributed by atoms with Crippen LogP contribution in [0.1, 0.15) is 31.8 Å². The van der Waals surface area contributed by atoms with Crippen LogP contribution in [0.25, 0.3) is 0 Å². The molecule has 0 bridgehead atoms. The Morgan fingerprint density at radius 2 is 1.68 bits per heavy atom. The number of anilines is 1. The number of aryl methyl sites for hydroxylation is 2. The number of carbonyl (C=O) groups is 2. The summed E-state index contributed by atoms with van der Waals surface area (Å²) in [5, 5.41) is 3.48. The lowest BCUT2D eigenvalue weighted by atomic mass is 10.1. The molecule has 0 saturated heterocycles. The number of hydrogen-bond donors (Lipinski definition) is 1. The highest BCUT2D eigenvalue weighted by Gasteiger charge is 2.13. The molecule has 0 aliphatic heterocycles. The molecule has 3 rings (SSSR count). The second kappa shape index (κ2) is 8.71. The van der Waals surface area contributed by atoms with Gasteiger partial charge in [-0.25, -0.2) is 9.78 Å². The number of ether oxygens (including phenoxy) is 1. The summed E-state index contributed by atoms with van der Waals surface area (Å²) in [5.74, 6) is -0.177. The average Bonchev–Trinajstić information content (AvgIpc) is 2.67. The molecule has 2 aromatic carbocycles. The summed E-state index contributed by atoms with van der Waals surface area (Å²) in [6.07, 6.45) is 3.52. The lowest BCUT2D eigenvalue weighted by Gasteiger charge is -2.09. The van der Waals surface area contributed by atoms with Gasteiger partial charge in [0.1, 0.15) is 10.8 Å². The third-order valence-electron chi connectivity index (χ3n) is 3.99. The summed E-state index contributed by atoms with van der Waals surface area (Å²) in [4.78, 5) is 29.0. The van der Waals surface area contributed by atoms with E-state index in [1.807, 2.05) is 38.3 Å². The van der Waals surface area contributed by atoms with E-state index >= 15 is 0 Å². The quantitative estimate of drug-likeness (QED) is 0.380. The van der Waals surface area contributed by atoms with Gasteiger partial charge in [0.2, 0.25) is 0 Å². The molecule has 0 spiro atoms. The topological polar surface area (TPSA) is 68.3 Å². The van der Waals surface area contributed by atoms with Gasteiger partial charge in [-0.15, -0.1) is 11.8 Å². The minimum Gasteiger partial charge on any atom is -0.423 e. The molecule has 0 aliphatic rings. The number of esters is 1. The predicted molar refractivity (Wildman–Crippen MR) is 111 cm³/mol. The Hall–Kier alpha value is -3.12. The van der Waals surface area contributed by atoms with E-state index in [0.29, 0.717) is 27.6 Å². The predicted octanol–water partition coefficient (Wildman–Crippen LogP) is 4.89. The first kappa shape index (κ1) is 19.6. The van der Waals surface area contributed by atoms with Crippen LogP contribution in [0, 0.1) is 13.8 Å². The first-order valence-electron chi connectivity index (χ1n) is 8.67. The summed E-state index contributed by atoms with van der Waals surface area (Å²) in [6, 6.07) is 15.7. The number of thioether (sulfide) groups is 1. The number of hydrogen-bond acceptors (Lipinski definition) is 5. The third-order valence-corrected chi connectivity index (χ3v) is 4.71. The largest absolute Gasteiger partial charge is 0.423 e. The van der Waals surface area contributed by atoms with Crippen LogP contribution in [0.5, 0.6) is 5.75 Å².